The van der Waals surface area contributed by atoms with Gasteiger partial charge in [0.1, 0.15) is 6.04 Å². The molecule has 1 saturated carbocycles. The molecule has 0 aromatic carbocycles. The molecule has 0 spiro atoms. The summed E-state index contributed by atoms with van der Waals surface area (Å²) in [7, 11) is 0. The third-order valence-corrected chi connectivity index (χ3v) is 5.79. The van der Waals surface area contributed by atoms with Crippen LogP contribution in [0, 0.1) is 23.2 Å². The van der Waals surface area contributed by atoms with Gasteiger partial charge in [0.15, 0.2) is 0 Å². The Balaban J connectivity index is 1.76. The van der Waals surface area contributed by atoms with Crippen LogP contribution in [0.25, 0.3) is 0 Å². The molecule has 0 radical (unpaired) electrons. The number of aliphatic hydroxyl groups is 1. The molecule has 2 aliphatic rings. The van der Waals surface area contributed by atoms with Gasteiger partial charge in [0.05, 0.1) is 18.2 Å². The summed E-state index contributed by atoms with van der Waals surface area (Å²) in [5.41, 5.74) is -0.491. The van der Waals surface area contributed by atoms with E-state index in [1.54, 1.807) is 4.90 Å². The molecule has 1 saturated heterocycles. The molecule has 1 aliphatic heterocycles. The highest BCUT2D eigenvalue weighted by molar-refractivity contribution is 5.79. The van der Waals surface area contributed by atoms with Crippen molar-refractivity contribution in [2.75, 3.05) is 13.1 Å². The number of rotatable bonds is 6. The number of nitrogens with one attached hydrogen (secondary N) is 1. The van der Waals surface area contributed by atoms with E-state index in [4.69, 9.17) is 5.26 Å². The van der Waals surface area contributed by atoms with Gasteiger partial charge in [-0.15, -0.1) is 0 Å². The fourth-order valence-corrected chi connectivity index (χ4v) is 4.24. The zero-order chi connectivity index (χ0) is 17.0. The van der Waals surface area contributed by atoms with Crippen molar-refractivity contribution in [3.8, 4) is 6.07 Å². The van der Waals surface area contributed by atoms with Crippen LogP contribution in [0.2, 0.25) is 0 Å². The molecule has 2 rings (SSSR count). The summed E-state index contributed by atoms with van der Waals surface area (Å²) in [6.07, 6.45) is 5.28. The van der Waals surface area contributed by atoms with E-state index < -0.39 is 5.60 Å². The minimum atomic E-state index is -0.491. The van der Waals surface area contributed by atoms with Gasteiger partial charge in [0.2, 0.25) is 5.91 Å². The minimum absolute atomic E-state index is 0.0328. The van der Waals surface area contributed by atoms with Crippen LogP contribution in [0.4, 0.5) is 0 Å². The number of amides is 1. The smallest absolute Gasteiger partial charge is 0.237 e. The number of carbonyl (C=O) groups excluding carboxylic acids is 1. The normalized spacial score (nSPS) is 35.3. The molecule has 1 heterocycles. The lowest BCUT2D eigenvalue weighted by molar-refractivity contribution is -0.130. The molecule has 130 valence electrons. The second-order valence-corrected chi connectivity index (χ2v) is 7.62. The van der Waals surface area contributed by atoms with E-state index in [0.717, 1.165) is 38.5 Å². The monoisotopic (exact) mass is 321 g/mol. The first-order valence-electron chi connectivity index (χ1n) is 9.03. The number of hydrogen-bond donors (Lipinski definition) is 2. The molecule has 5 atom stereocenters. The quantitative estimate of drug-likeness (QED) is 0.785. The largest absolute Gasteiger partial charge is 0.390 e. The molecule has 1 amide bonds. The molecule has 0 bridgehead atoms. The van der Waals surface area contributed by atoms with Crippen molar-refractivity contribution < 1.29 is 9.90 Å². The molecule has 5 heteroatoms. The first kappa shape index (κ1) is 18.2. The Morgan fingerprint density at radius 1 is 1.52 bits per heavy atom. The highest BCUT2D eigenvalue weighted by atomic mass is 16.3. The Morgan fingerprint density at radius 2 is 2.26 bits per heavy atom. The Labute approximate surface area is 140 Å². The lowest BCUT2D eigenvalue weighted by Gasteiger charge is -2.24. The Hall–Kier alpha value is -1.12. The Bertz CT molecular complexity index is 462. The van der Waals surface area contributed by atoms with Gasteiger partial charge in [0, 0.05) is 12.6 Å². The van der Waals surface area contributed by atoms with Crippen LogP contribution in [0.15, 0.2) is 0 Å². The van der Waals surface area contributed by atoms with Gasteiger partial charge in [-0.05, 0) is 57.3 Å². The predicted octanol–water partition coefficient (Wildman–Crippen LogP) is 2.06. The van der Waals surface area contributed by atoms with Gasteiger partial charge in [0.25, 0.3) is 0 Å². The topological polar surface area (TPSA) is 76.4 Å². The summed E-state index contributed by atoms with van der Waals surface area (Å²) in [4.78, 5) is 13.9. The second-order valence-electron chi connectivity index (χ2n) is 7.62. The second kappa shape index (κ2) is 7.63. The Kier molecular flexibility index (Phi) is 6.05. The van der Waals surface area contributed by atoms with Crippen molar-refractivity contribution in [3.63, 3.8) is 0 Å². The number of carbonyl (C=O) groups is 1. The SMILES string of the molecule is CCC1(O)C[C@H](CC(C)NCC(=O)N2CCC[C@H]2C#N)[C@H](C)C1. The summed E-state index contributed by atoms with van der Waals surface area (Å²) in [5, 5.41) is 22.8. The highest BCUT2D eigenvalue weighted by Crippen LogP contribution is 2.43. The van der Waals surface area contributed by atoms with Gasteiger partial charge in [-0.25, -0.2) is 0 Å². The zero-order valence-corrected chi connectivity index (χ0v) is 14.7. The van der Waals surface area contributed by atoms with Crippen LogP contribution in [-0.2, 0) is 4.79 Å². The minimum Gasteiger partial charge on any atom is -0.390 e. The van der Waals surface area contributed by atoms with Crippen molar-refractivity contribution in [2.24, 2.45) is 11.8 Å². The van der Waals surface area contributed by atoms with Gasteiger partial charge in [-0.1, -0.05) is 13.8 Å². The average Bonchev–Trinajstić information content (AvgIpc) is 3.10. The van der Waals surface area contributed by atoms with Gasteiger partial charge >= 0.3 is 0 Å². The standard InChI is InChI=1S/C18H31N3O2/c1-4-18(23)9-13(2)15(10-18)8-14(3)20-12-17(22)21-7-5-6-16(21)11-19/h13-16,20,23H,4-10,12H2,1-3H3/t13-,14?,15+,16+,18?/m1/s1. The van der Waals surface area contributed by atoms with Crippen molar-refractivity contribution in [3.05, 3.63) is 0 Å². The molecule has 5 nitrogen and oxygen atoms in total. The summed E-state index contributed by atoms with van der Waals surface area (Å²) in [6.45, 7) is 7.39. The molecule has 23 heavy (non-hydrogen) atoms. The van der Waals surface area contributed by atoms with Crippen LogP contribution in [-0.4, -0.2) is 46.7 Å². The third kappa shape index (κ3) is 4.45. The highest BCUT2D eigenvalue weighted by Gasteiger charge is 2.40. The van der Waals surface area contributed by atoms with Crippen molar-refractivity contribution in [2.45, 2.75) is 77.0 Å². The predicted molar refractivity (Wildman–Crippen MR) is 89.6 cm³/mol. The molecular weight excluding hydrogens is 290 g/mol. The summed E-state index contributed by atoms with van der Waals surface area (Å²) >= 11 is 0. The van der Waals surface area contributed by atoms with Gasteiger partial charge in [-0.3, -0.25) is 4.79 Å². The maximum Gasteiger partial charge on any atom is 0.237 e. The van der Waals surface area contributed by atoms with Crippen LogP contribution >= 0.6 is 0 Å². The molecule has 2 fully saturated rings. The lowest BCUT2D eigenvalue weighted by atomic mass is 9.91. The van der Waals surface area contributed by atoms with E-state index in [-0.39, 0.29) is 18.0 Å². The molecule has 0 aromatic rings. The molecular formula is C18H31N3O2. The molecule has 0 aromatic heterocycles. The summed E-state index contributed by atoms with van der Waals surface area (Å²) < 4.78 is 0. The summed E-state index contributed by atoms with van der Waals surface area (Å²) in [6, 6.07) is 2.21. The van der Waals surface area contributed by atoms with Gasteiger partial charge < -0.3 is 15.3 Å². The first-order valence-corrected chi connectivity index (χ1v) is 9.03. The van der Waals surface area contributed by atoms with E-state index in [2.05, 4.69) is 32.2 Å². The van der Waals surface area contributed by atoms with Crippen molar-refractivity contribution in [1.29, 1.82) is 5.26 Å². The number of nitriles is 1. The zero-order valence-electron chi connectivity index (χ0n) is 14.7. The van der Waals surface area contributed by atoms with Gasteiger partial charge in [-0.2, -0.15) is 5.26 Å². The maximum atomic E-state index is 12.2. The first-order chi connectivity index (χ1) is 10.9. The summed E-state index contributed by atoms with van der Waals surface area (Å²) in [5.74, 6) is 1.07. The van der Waals surface area contributed by atoms with E-state index in [1.807, 2.05) is 0 Å². The van der Waals surface area contributed by atoms with Crippen LogP contribution in [0.1, 0.15) is 59.3 Å². The number of hydrogen-bond acceptors (Lipinski definition) is 4. The molecule has 2 unspecified atom stereocenters. The van der Waals surface area contributed by atoms with Crippen molar-refractivity contribution >= 4 is 5.91 Å². The Morgan fingerprint density at radius 3 is 2.87 bits per heavy atom. The van der Waals surface area contributed by atoms with Crippen LogP contribution < -0.4 is 5.32 Å². The fraction of sp³-hybridized carbons (Fsp3) is 0.889. The van der Waals surface area contributed by atoms with E-state index in [9.17, 15) is 9.90 Å². The number of nitrogens with zero attached hydrogens (tertiary/aromatic N) is 2. The van der Waals surface area contributed by atoms with E-state index in [0.29, 0.717) is 24.9 Å². The fourth-order valence-electron chi connectivity index (χ4n) is 4.24. The van der Waals surface area contributed by atoms with Crippen molar-refractivity contribution in [1.82, 2.24) is 10.2 Å². The van der Waals surface area contributed by atoms with Crippen LogP contribution in [0.5, 0.6) is 0 Å². The third-order valence-electron chi connectivity index (χ3n) is 5.79. The molecule has 1 aliphatic carbocycles. The van der Waals surface area contributed by atoms with E-state index in [1.165, 1.54) is 0 Å². The average molecular weight is 321 g/mol. The number of likely N-dealkylation sites (tertiary alicyclic amines) is 1. The van der Waals surface area contributed by atoms with Crippen LogP contribution in [0.3, 0.4) is 0 Å². The molecule has 2 N–H and O–H groups in total. The lowest BCUT2D eigenvalue weighted by Crippen LogP contribution is -2.43. The van der Waals surface area contributed by atoms with E-state index >= 15 is 0 Å². The maximum absolute atomic E-state index is 12.2.